The van der Waals surface area contributed by atoms with Crippen LogP contribution in [0.1, 0.15) is 37.3 Å². The second-order valence-electron chi connectivity index (χ2n) is 6.27. The summed E-state index contributed by atoms with van der Waals surface area (Å²) in [7, 11) is -1.86. The summed E-state index contributed by atoms with van der Waals surface area (Å²) in [6.07, 6.45) is 0.835. The largest absolute Gasteiger partial charge is 0.496 e. The van der Waals surface area contributed by atoms with Gasteiger partial charge in [-0.2, -0.15) is 4.31 Å². The molecule has 1 saturated heterocycles. The molecule has 2 N–H and O–H groups in total. The number of methoxy groups -OCH3 is 1. The molecular formula is C16H27ClN2O3S. The normalized spacial score (nSPS) is 19.0. The fourth-order valence-corrected chi connectivity index (χ4v) is 4.70. The first-order valence-electron chi connectivity index (χ1n) is 7.70. The summed E-state index contributed by atoms with van der Waals surface area (Å²) >= 11 is 0. The molecule has 0 spiro atoms. The maximum atomic E-state index is 12.9. The van der Waals surface area contributed by atoms with E-state index < -0.39 is 10.0 Å². The van der Waals surface area contributed by atoms with Gasteiger partial charge in [-0.1, -0.05) is 13.8 Å². The van der Waals surface area contributed by atoms with Crippen molar-refractivity contribution < 1.29 is 13.2 Å². The van der Waals surface area contributed by atoms with E-state index in [1.165, 1.54) is 0 Å². The molecule has 132 valence electrons. The molecule has 0 amide bonds. The van der Waals surface area contributed by atoms with Crippen molar-refractivity contribution in [2.75, 3.05) is 26.7 Å². The topological polar surface area (TPSA) is 72.6 Å². The van der Waals surface area contributed by atoms with Gasteiger partial charge in [-0.3, -0.25) is 0 Å². The zero-order valence-corrected chi connectivity index (χ0v) is 15.8. The average molecular weight is 363 g/mol. The molecule has 1 aromatic rings. The third-order valence-electron chi connectivity index (χ3n) is 4.35. The number of nitrogens with zero attached hydrogens (tertiary/aromatic N) is 1. The van der Waals surface area contributed by atoms with Gasteiger partial charge in [0.25, 0.3) is 0 Å². The lowest BCUT2D eigenvalue weighted by Gasteiger charge is -2.21. The first-order chi connectivity index (χ1) is 10.3. The number of halogens is 1. The van der Waals surface area contributed by atoms with Crippen molar-refractivity contribution in [3.05, 3.63) is 23.3 Å². The number of rotatable bonds is 5. The molecule has 1 fully saturated rings. The first kappa shape index (κ1) is 20.2. The summed E-state index contributed by atoms with van der Waals surface area (Å²) in [5.41, 5.74) is 7.31. The van der Waals surface area contributed by atoms with Crippen LogP contribution in [0.25, 0.3) is 0 Å². The number of benzene rings is 1. The molecule has 5 nitrogen and oxygen atoms in total. The van der Waals surface area contributed by atoms with Crippen molar-refractivity contribution in [1.29, 1.82) is 0 Å². The number of sulfonamides is 1. The molecule has 1 unspecified atom stereocenters. The predicted octanol–water partition coefficient (Wildman–Crippen LogP) is 2.52. The lowest BCUT2D eigenvalue weighted by atomic mass is 10.0. The second kappa shape index (κ2) is 7.83. The smallest absolute Gasteiger partial charge is 0.243 e. The highest BCUT2D eigenvalue weighted by atomic mass is 35.5. The Morgan fingerprint density at radius 3 is 2.52 bits per heavy atom. The maximum absolute atomic E-state index is 12.9. The standard InChI is InChI=1S/C16H26N2O3S.ClH/c1-11(2)14-8-16(12(3)7-15(14)21-4)22(19,20)18-6-5-13(9-17)10-18;/h7-8,11,13H,5-6,9-10,17H2,1-4H3;1H. The van der Waals surface area contributed by atoms with Gasteiger partial charge in [-0.25, -0.2) is 8.42 Å². The van der Waals surface area contributed by atoms with E-state index in [1.54, 1.807) is 17.5 Å². The minimum atomic E-state index is -3.47. The Morgan fingerprint density at radius 2 is 2.04 bits per heavy atom. The molecule has 7 heteroatoms. The van der Waals surface area contributed by atoms with Crippen molar-refractivity contribution in [1.82, 2.24) is 4.31 Å². The van der Waals surface area contributed by atoms with Crippen LogP contribution in [-0.2, 0) is 10.0 Å². The Kier molecular flexibility index (Phi) is 6.89. The van der Waals surface area contributed by atoms with Crippen LogP contribution in [0.15, 0.2) is 17.0 Å². The van der Waals surface area contributed by atoms with Gasteiger partial charge < -0.3 is 10.5 Å². The Balaban J connectivity index is 0.00000264. The summed E-state index contributed by atoms with van der Waals surface area (Å²) in [5.74, 6) is 1.20. The number of hydrogen-bond acceptors (Lipinski definition) is 4. The SMILES string of the molecule is COc1cc(C)c(S(=O)(=O)N2CCC(CN)C2)cc1C(C)C.Cl. The molecule has 1 aliphatic heterocycles. The summed E-state index contributed by atoms with van der Waals surface area (Å²) in [5, 5.41) is 0. The van der Waals surface area contributed by atoms with Crippen molar-refractivity contribution in [3.8, 4) is 5.75 Å². The quantitative estimate of drug-likeness (QED) is 0.873. The minimum absolute atomic E-state index is 0. The fourth-order valence-electron chi connectivity index (χ4n) is 2.93. The molecule has 1 heterocycles. The average Bonchev–Trinajstić information content (AvgIpc) is 2.95. The van der Waals surface area contributed by atoms with E-state index >= 15 is 0 Å². The fraction of sp³-hybridized carbons (Fsp3) is 0.625. The van der Waals surface area contributed by atoms with Gasteiger partial charge in [-0.15, -0.1) is 12.4 Å². The van der Waals surface area contributed by atoms with Crippen LogP contribution in [0.5, 0.6) is 5.75 Å². The number of nitrogens with two attached hydrogens (primary N) is 1. The van der Waals surface area contributed by atoms with Crippen molar-refractivity contribution in [2.45, 2.75) is 38.0 Å². The molecule has 1 aliphatic rings. The lowest BCUT2D eigenvalue weighted by molar-refractivity contribution is 0.406. The molecule has 0 saturated carbocycles. The third kappa shape index (κ3) is 3.99. The van der Waals surface area contributed by atoms with Crippen LogP contribution in [0.3, 0.4) is 0 Å². The van der Waals surface area contributed by atoms with Gasteiger partial charge in [0.15, 0.2) is 0 Å². The minimum Gasteiger partial charge on any atom is -0.496 e. The monoisotopic (exact) mass is 362 g/mol. The second-order valence-corrected chi connectivity index (χ2v) is 8.17. The number of aryl methyl sites for hydroxylation is 1. The zero-order chi connectivity index (χ0) is 16.5. The predicted molar refractivity (Wildman–Crippen MR) is 95.0 cm³/mol. The summed E-state index contributed by atoms with van der Waals surface area (Å²) in [6, 6.07) is 3.59. The highest BCUT2D eigenvalue weighted by Crippen LogP contribution is 2.34. The van der Waals surface area contributed by atoms with E-state index in [9.17, 15) is 8.42 Å². The van der Waals surface area contributed by atoms with Gasteiger partial charge in [0.1, 0.15) is 5.75 Å². The Labute approximate surface area is 145 Å². The highest BCUT2D eigenvalue weighted by molar-refractivity contribution is 7.89. The maximum Gasteiger partial charge on any atom is 0.243 e. The summed E-state index contributed by atoms with van der Waals surface area (Å²) in [4.78, 5) is 0.384. The van der Waals surface area contributed by atoms with Crippen LogP contribution in [0.4, 0.5) is 0 Å². The Morgan fingerprint density at radius 1 is 1.39 bits per heavy atom. The van der Waals surface area contributed by atoms with Gasteiger partial charge in [0, 0.05) is 13.1 Å². The van der Waals surface area contributed by atoms with Crippen LogP contribution < -0.4 is 10.5 Å². The van der Waals surface area contributed by atoms with E-state index in [1.807, 2.05) is 26.8 Å². The van der Waals surface area contributed by atoms with Gasteiger partial charge >= 0.3 is 0 Å². The number of ether oxygens (including phenoxy) is 1. The molecule has 0 bridgehead atoms. The van der Waals surface area contributed by atoms with E-state index in [0.29, 0.717) is 24.5 Å². The van der Waals surface area contributed by atoms with E-state index in [4.69, 9.17) is 10.5 Å². The summed E-state index contributed by atoms with van der Waals surface area (Å²) < 4.78 is 32.8. The van der Waals surface area contributed by atoms with Gasteiger partial charge in [0.05, 0.1) is 12.0 Å². The van der Waals surface area contributed by atoms with Crippen LogP contribution >= 0.6 is 12.4 Å². The Bertz CT molecular complexity index is 647. The molecule has 1 atom stereocenters. The third-order valence-corrected chi connectivity index (χ3v) is 6.36. The van der Waals surface area contributed by atoms with E-state index in [2.05, 4.69) is 0 Å². The zero-order valence-electron chi connectivity index (χ0n) is 14.2. The lowest BCUT2D eigenvalue weighted by Crippen LogP contribution is -2.30. The van der Waals surface area contributed by atoms with Gasteiger partial charge in [-0.05, 0) is 55.0 Å². The van der Waals surface area contributed by atoms with E-state index in [-0.39, 0.29) is 24.2 Å². The van der Waals surface area contributed by atoms with Crippen molar-refractivity contribution >= 4 is 22.4 Å². The first-order valence-corrected chi connectivity index (χ1v) is 9.14. The van der Waals surface area contributed by atoms with E-state index in [0.717, 1.165) is 23.3 Å². The molecular weight excluding hydrogens is 336 g/mol. The summed E-state index contributed by atoms with van der Waals surface area (Å²) in [6.45, 7) is 7.47. The van der Waals surface area contributed by atoms with Crippen molar-refractivity contribution in [3.63, 3.8) is 0 Å². The van der Waals surface area contributed by atoms with Gasteiger partial charge in [0.2, 0.25) is 10.0 Å². The van der Waals surface area contributed by atoms with Crippen LogP contribution in [0, 0.1) is 12.8 Å². The number of hydrogen-bond donors (Lipinski definition) is 1. The highest BCUT2D eigenvalue weighted by Gasteiger charge is 2.33. The molecule has 1 aromatic carbocycles. The van der Waals surface area contributed by atoms with Crippen LogP contribution in [0.2, 0.25) is 0 Å². The molecule has 23 heavy (non-hydrogen) atoms. The Hall–Kier alpha value is -0.820. The molecule has 0 radical (unpaired) electrons. The van der Waals surface area contributed by atoms with Crippen LogP contribution in [-0.4, -0.2) is 39.5 Å². The molecule has 0 aliphatic carbocycles. The molecule has 2 rings (SSSR count). The van der Waals surface area contributed by atoms with Crippen molar-refractivity contribution in [2.24, 2.45) is 11.7 Å². The molecule has 0 aromatic heterocycles.